The van der Waals surface area contributed by atoms with E-state index in [1.165, 1.54) is 24.3 Å². The summed E-state index contributed by atoms with van der Waals surface area (Å²) in [6, 6.07) is 5.36. The summed E-state index contributed by atoms with van der Waals surface area (Å²) in [7, 11) is 0. The Kier molecular flexibility index (Phi) is 6.01. The fourth-order valence-corrected chi connectivity index (χ4v) is 3.40. The molecule has 144 valence electrons. The van der Waals surface area contributed by atoms with Gasteiger partial charge in [-0.2, -0.15) is 0 Å². The molecule has 0 aliphatic heterocycles. The monoisotopic (exact) mass is 375 g/mol. The number of nitrogens with two attached hydrogens (primary N) is 1. The second-order valence-electron chi connectivity index (χ2n) is 6.74. The van der Waals surface area contributed by atoms with Crippen LogP contribution in [0, 0.1) is 17.6 Å². The Morgan fingerprint density at radius 2 is 2.11 bits per heavy atom. The first-order chi connectivity index (χ1) is 13.0. The molecule has 0 bridgehead atoms. The molecule has 1 aliphatic carbocycles. The van der Waals surface area contributed by atoms with Crippen molar-refractivity contribution in [2.24, 2.45) is 11.7 Å². The van der Waals surface area contributed by atoms with E-state index in [9.17, 15) is 13.6 Å². The number of aromatic nitrogens is 1. The Hall–Kier alpha value is -2.54. The normalized spacial score (nSPS) is 19.6. The molecule has 2 atom stereocenters. The second-order valence-corrected chi connectivity index (χ2v) is 6.74. The maximum Gasteiger partial charge on any atom is 0.228 e. The summed E-state index contributed by atoms with van der Waals surface area (Å²) in [5, 5.41) is 2.75. The molecule has 1 saturated carbocycles. The van der Waals surface area contributed by atoms with Gasteiger partial charge in [-0.3, -0.25) is 4.79 Å². The summed E-state index contributed by atoms with van der Waals surface area (Å²) >= 11 is 0. The molecule has 3 N–H and O–H groups in total. The molecule has 1 amide bonds. The maximum absolute atomic E-state index is 14.4. The molecule has 27 heavy (non-hydrogen) atoms. The molecule has 3 rings (SSSR count). The predicted molar refractivity (Wildman–Crippen MR) is 99.3 cm³/mol. The van der Waals surface area contributed by atoms with E-state index in [-0.39, 0.29) is 35.0 Å². The van der Waals surface area contributed by atoms with E-state index >= 15 is 0 Å². The quantitative estimate of drug-likeness (QED) is 0.831. The number of carbonyl (C=O) groups excluding carboxylic acids is 1. The number of pyridine rings is 1. The van der Waals surface area contributed by atoms with Crippen LogP contribution in [0.15, 0.2) is 30.5 Å². The second kappa shape index (κ2) is 8.43. The zero-order valence-corrected chi connectivity index (χ0v) is 15.2. The van der Waals surface area contributed by atoms with Crippen molar-refractivity contribution < 1.29 is 18.3 Å². The lowest BCUT2D eigenvalue weighted by molar-refractivity contribution is -0.120. The minimum atomic E-state index is -0.583. The highest BCUT2D eigenvalue weighted by molar-refractivity contribution is 5.92. The number of ether oxygens (including phenoxy) is 1. The van der Waals surface area contributed by atoms with Gasteiger partial charge >= 0.3 is 0 Å². The number of anilines is 1. The van der Waals surface area contributed by atoms with Gasteiger partial charge in [0.25, 0.3) is 0 Å². The van der Waals surface area contributed by atoms with Crippen LogP contribution in [0.5, 0.6) is 5.75 Å². The van der Waals surface area contributed by atoms with Crippen LogP contribution in [0.25, 0.3) is 11.1 Å². The average molecular weight is 375 g/mol. The maximum atomic E-state index is 14.4. The van der Waals surface area contributed by atoms with E-state index in [0.29, 0.717) is 18.6 Å². The molecule has 2 aromatic rings. The average Bonchev–Trinajstić information content (AvgIpc) is 2.64. The van der Waals surface area contributed by atoms with Gasteiger partial charge in [0.2, 0.25) is 5.91 Å². The standard InChI is InChI=1S/C20H23F2N3O2/c1-2-27-18-9-13(21)6-7-15(18)16-10-19(24-11-17(16)22)25-20(26)12-4-3-5-14(23)8-12/h6-7,9-12,14H,2-5,8,23H2,1H3,(H,24,25,26)/t12-,14+/m0/s1. The van der Waals surface area contributed by atoms with Gasteiger partial charge < -0.3 is 15.8 Å². The van der Waals surface area contributed by atoms with E-state index in [0.717, 1.165) is 25.5 Å². The Morgan fingerprint density at radius 1 is 1.30 bits per heavy atom. The van der Waals surface area contributed by atoms with E-state index in [4.69, 9.17) is 10.5 Å². The van der Waals surface area contributed by atoms with Crippen LogP contribution in [0.3, 0.4) is 0 Å². The molecule has 0 saturated heterocycles. The summed E-state index contributed by atoms with van der Waals surface area (Å²) in [6.07, 6.45) is 4.28. The van der Waals surface area contributed by atoms with E-state index in [2.05, 4.69) is 10.3 Å². The van der Waals surface area contributed by atoms with Crippen LogP contribution >= 0.6 is 0 Å². The Labute approximate surface area is 156 Å². The lowest BCUT2D eigenvalue weighted by Crippen LogP contribution is -2.34. The van der Waals surface area contributed by atoms with Crippen molar-refractivity contribution in [3.05, 3.63) is 42.1 Å². The predicted octanol–water partition coefficient (Wildman–Crippen LogP) is 3.88. The van der Waals surface area contributed by atoms with Crippen molar-refractivity contribution in [1.29, 1.82) is 0 Å². The van der Waals surface area contributed by atoms with Gasteiger partial charge in [-0.1, -0.05) is 6.42 Å². The molecule has 1 aliphatic rings. The third-order valence-electron chi connectivity index (χ3n) is 4.73. The van der Waals surface area contributed by atoms with Crippen molar-refractivity contribution in [3.8, 4) is 16.9 Å². The lowest BCUT2D eigenvalue weighted by Gasteiger charge is -2.25. The number of carbonyl (C=O) groups is 1. The van der Waals surface area contributed by atoms with Gasteiger partial charge in [-0.25, -0.2) is 13.8 Å². The molecular weight excluding hydrogens is 352 g/mol. The first kappa shape index (κ1) is 19.2. The molecule has 1 heterocycles. The van der Waals surface area contributed by atoms with E-state index < -0.39 is 11.6 Å². The fraction of sp³-hybridized carbons (Fsp3) is 0.400. The van der Waals surface area contributed by atoms with Gasteiger partial charge in [0.15, 0.2) is 0 Å². The zero-order chi connectivity index (χ0) is 19.4. The highest BCUT2D eigenvalue weighted by Gasteiger charge is 2.26. The molecule has 1 fully saturated rings. The van der Waals surface area contributed by atoms with Gasteiger partial charge in [0.05, 0.1) is 12.8 Å². The smallest absolute Gasteiger partial charge is 0.228 e. The zero-order valence-electron chi connectivity index (χ0n) is 15.2. The van der Waals surface area contributed by atoms with Crippen molar-refractivity contribution in [3.63, 3.8) is 0 Å². The molecular formula is C20H23F2N3O2. The molecule has 0 unspecified atom stereocenters. The topological polar surface area (TPSA) is 77.2 Å². The van der Waals surface area contributed by atoms with Crippen molar-refractivity contribution >= 4 is 11.7 Å². The Balaban J connectivity index is 1.86. The Bertz CT molecular complexity index is 829. The largest absolute Gasteiger partial charge is 0.493 e. The van der Waals surface area contributed by atoms with Gasteiger partial charge in [0.1, 0.15) is 23.2 Å². The number of nitrogens with zero attached hydrogens (tertiary/aromatic N) is 1. The number of rotatable bonds is 5. The highest BCUT2D eigenvalue weighted by Crippen LogP contribution is 2.34. The third kappa shape index (κ3) is 4.60. The van der Waals surface area contributed by atoms with Crippen LogP contribution in [0.2, 0.25) is 0 Å². The molecule has 5 nitrogen and oxygen atoms in total. The summed E-state index contributed by atoms with van der Waals surface area (Å²) in [5.74, 6) is -0.923. The van der Waals surface area contributed by atoms with Gasteiger partial charge in [-0.05, 0) is 44.4 Å². The number of hydrogen-bond acceptors (Lipinski definition) is 4. The van der Waals surface area contributed by atoms with Crippen LogP contribution < -0.4 is 15.8 Å². The minimum absolute atomic E-state index is 0.0270. The first-order valence-corrected chi connectivity index (χ1v) is 9.12. The van der Waals surface area contributed by atoms with E-state index in [1.54, 1.807) is 6.92 Å². The van der Waals surface area contributed by atoms with Crippen molar-refractivity contribution in [1.82, 2.24) is 4.98 Å². The molecule has 0 radical (unpaired) electrons. The van der Waals surface area contributed by atoms with Gasteiger partial charge in [0, 0.05) is 29.2 Å². The molecule has 1 aromatic heterocycles. The fourth-order valence-electron chi connectivity index (χ4n) is 3.40. The Morgan fingerprint density at radius 3 is 2.85 bits per heavy atom. The number of amides is 1. The molecule has 7 heteroatoms. The summed E-state index contributed by atoms with van der Waals surface area (Å²) in [6.45, 7) is 2.08. The van der Waals surface area contributed by atoms with Crippen molar-refractivity contribution in [2.45, 2.75) is 38.6 Å². The lowest BCUT2D eigenvalue weighted by atomic mass is 9.85. The van der Waals surface area contributed by atoms with Crippen LogP contribution in [-0.2, 0) is 4.79 Å². The number of benzene rings is 1. The molecule has 0 spiro atoms. The van der Waals surface area contributed by atoms with Crippen LogP contribution in [0.4, 0.5) is 14.6 Å². The molecule has 1 aromatic carbocycles. The number of nitrogens with one attached hydrogen (secondary N) is 1. The summed E-state index contributed by atoms with van der Waals surface area (Å²) < 4.78 is 33.3. The SMILES string of the molecule is CCOc1cc(F)ccc1-c1cc(NC(=O)[C@H]2CCC[C@@H](N)C2)ncc1F. The highest BCUT2D eigenvalue weighted by atomic mass is 19.1. The van der Waals surface area contributed by atoms with E-state index in [1.807, 2.05) is 0 Å². The van der Waals surface area contributed by atoms with Gasteiger partial charge in [-0.15, -0.1) is 0 Å². The van der Waals surface area contributed by atoms with Crippen LogP contribution in [-0.4, -0.2) is 23.5 Å². The summed E-state index contributed by atoms with van der Waals surface area (Å²) in [4.78, 5) is 16.4. The summed E-state index contributed by atoms with van der Waals surface area (Å²) in [5.41, 5.74) is 6.52. The minimum Gasteiger partial charge on any atom is -0.493 e. The van der Waals surface area contributed by atoms with Crippen molar-refractivity contribution in [2.75, 3.05) is 11.9 Å². The number of halogens is 2. The third-order valence-corrected chi connectivity index (χ3v) is 4.73. The first-order valence-electron chi connectivity index (χ1n) is 9.12. The van der Waals surface area contributed by atoms with Crippen LogP contribution in [0.1, 0.15) is 32.6 Å². The number of hydrogen-bond donors (Lipinski definition) is 2.